The van der Waals surface area contributed by atoms with Crippen LogP contribution in [-0.4, -0.2) is 38.0 Å². The Bertz CT molecular complexity index is 736. The zero-order chi connectivity index (χ0) is 14.1. The number of carboxylic acid groups (broad SMARTS) is 1. The van der Waals surface area contributed by atoms with Crippen molar-refractivity contribution in [1.82, 2.24) is 4.98 Å². The van der Waals surface area contributed by atoms with E-state index in [9.17, 15) is 9.90 Å². The third kappa shape index (κ3) is 2.68. The topological polar surface area (TPSA) is 82.8 Å². The lowest BCUT2D eigenvalue weighted by atomic mass is 10.3. The van der Waals surface area contributed by atoms with Crippen LogP contribution in [0.4, 0.5) is 0 Å². The second kappa shape index (κ2) is 5.26. The van der Waals surface area contributed by atoms with Crippen molar-refractivity contribution in [3.05, 3.63) is 29.3 Å². The number of carboxylic acids is 1. The van der Waals surface area contributed by atoms with Gasteiger partial charge in [-0.15, -0.1) is 23.1 Å². The van der Waals surface area contributed by atoms with Gasteiger partial charge in [-0.25, -0.2) is 9.78 Å². The molecule has 0 aliphatic carbocycles. The average molecular weight is 306 g/mol. The summed E-state index contributed by atoms with van der Waals surface area (Å²) in [6, 6.07) is 4.39. The Balaban J connectivity index is 1.81. The van der Waals surface area contributed by atoms with Crippen LogP contribution in [0.15, 0.2) is 29.3 Å². The maximum Gasteiger partial charge on any atom is 0.329 e. The molecule has 20 heavy (non-hydrogen) atoms. The van der Waals surface area contributed by atoms with E-state index < -0.39 is 12.0 Å². The summed E-state index contributed by atoms with van der Waals surface area (Å²) in [7, 11) is 0. The van der Waals surface area contributed by atoms with Crippen LogP contribution in [0.1, 0.15) is 5.01 Å². The molecule has 1 aromatic heterocycles. The second-order valence-electron chi connectivity index (χ2n) is 4.17. The van der Waals surface area contributed by atoms with E-state index in [2.05, 4.69) is 9.98 Å². The van der Waals surface area contributed by atoms with Gasteiger partial charge < -0.3 is 10.2 Å². The van der Waals surface area contributed by atoms with Crippen molar-refractivity contribution in [3.63, 3.8) is 0 Å². The van der Waals surface area contributed by atoms with E-state index in [0.717, 1.165) is 15.2 Å². The van der Waals surface area contributed by atoms with E-state index in [1.165, 1.54) is 23.1 Å². The van der Waals surface area contributed by atoms with Crippen molar-refractivity contribution in [1.29, 1.82) is 0 Å². The minimum absolute atomic E-state index is 0.219. The summed E-state index contributed by atoms with van der Waals surface area (Å²) < 4.78 is 0.911. The second-order valence-corrected chi connectivity index (χ2v) is 6.27. The van der Waals surface area contributed by atoms with Gasteiger partial charge >= 0.3 is 5.97 Å². The molecular formula is C13H10N2O3S2. The Morgan fingerprint density at radius 2 is 2.25 bits per heavy atom. The molecule has 5 nitrogen and oxygen atoms in total. The minimum atomic E-state index is -0.892. The number of aliphatic imine (C=N–C) groups is 1. The van der Waals surface area contributed by atoms with Gasteiger partial charge in [0.2, 0.25) is 0 Å². The SMILES string of the molecule is O=C(O)C1CSC(C=Cc2nc3ccc(O)cc3s2)=N1. The molecule has 7 heteroatoms. The predicted molar refractivity (Wildman–Crippen MR) is 81.6 cm³/mol. The van der Waals surface area contributed by atoms with E-state index in [1.807, 2.05) is 6.08 Å². The van der Waals surface area contributed by atoms with Crippen LogP contribution in [0.25, 0.3) is 16.3 Å². The molecule has 0 saturated heterocycles. The number of hydrogen-bond acceptors (Lipinski definition) is 6. The summed E-state index contributed by atoms with van der Waals surface area (Å²) >= 11 is 2.89. The number of thiazole rings is 1. The Hall–Kier alpha value is -1.86. The zero-order valence-electron chi connectivity index (χ0n) is 10.2. The lowest BCUT2D eigenvalue weighted by Gasteiger charge is -1.93. The molecule has 0 amide bonds. The molecule has 2 aromatic rings. The third-order valence-electron chi connectivity index (χ3n) is 2.71. The Labute approximate surface area is 122 Å². The van der Waals surface area contributed by atoms with Crippen molar-refractivity contribution in [2.24, 2.45) is 4.99 Å². The first-order valence-electron chi connectivity index (χ1n) is 5.83. The summed E-state index contributed by atoms with van der Waals surface area (Å²) in [5.41, 5.74) is 0.830. The fraction of sp³-hybridized carbons (Fsp3) is 0.154. The Morgan fingerprint density at radius 1 is 1.40 bits per heavy atom. The molecule has 3 rings (SSSR count). The van der Waals surface area contributed by atoms with Crippen molar-refractivity contribution >= 4 is 50.4 Å². The monoisotopic (exact) mass is 306 g/mol. The van der Waals surface area contributed by atoms with Gasteiger partial charge in [-0.05, 0) is 30.4 Å². The molecule has 1 aliphatic heterocycles. The molecular weight excluding hydrogens is 296 g/mol. The van der Waals surface area contributed by atoms with Crippen molar-refractivity contribution in [2.45, 2.75) is 6.04 Å². The highest BCUT2D eigenvalue weighted by atomic mass is 32.2. The van der Waals surface area contributed by atoms with Gasteiger partial charge in [-0.3, -0.25) is 4.99 Å². The van der Waals surface area contributed by atoms with Gasteiger partial charge in [0.05, 0.1) is 15.3 Å². The van der Waals surface area contributed by atoms with Crippen LogP contribution >= 0.6 is 23.1 Å². The van der Waals surface area contributed by atoms with Crippen LogP contribution < -0.4 is 0 Å². The average Bonchev–Trinajstić information content (AvgIpc) is 3.01. The maximum absolute atomic E-state index is 10.8. The standard InChI is InChI=1S/C13H10N2O3S2/c16-7-1-2-8-10(5-7)20-12(14-8)4-3-11-15-9(6-19-11)13(17)18/h1-5,9,16H,6H2,(H,17,18). The normalized spacial score (nSPS) is 18.8. The van der Waals surface area contributed by atoms with Crippen molar-refractivity contribution in [2.75, 3.05) is 5.75 Å². The number of aromatic nitrogens is 1. The van der Waals surface area contributed by atoms with Crippen molar-refractivity contribution in [3.8, 4) is 5.75 Å². The molecule has 2 heterocycles. The molecule has 0 spiro atoms. The number of hydrogen-bond donors (Lipinski definition) is 2. The van der Waals surface area contributed by atoms with Gasteiger partial charge in [0.15, 0.2) is 6.04 Å². The summed E-state index contributed by atoms with van der Waals surface area (Å²) in [5, 5.41) is 19.8. The molecule has 1 aromatic carbocycles. The first-order valence-corrected chi connectivity index (χ1v) is 7.63. The number of carbonyl (C=O) groups is 1. The summed E-state index contributed by atoms with van der Waals surface area (Å²) in [6.07, 6.45) is 3.60. The number of rotatable bonds is 3. The highest BCUT2D eigenvalue weighted by Crippen LogP contribution is 2.27. The Kier molecular flexibility index (Phi) is 3.45. The van der Waals surface area contributed by atoms with E-state index >= 15 is 0 Å². The highest BCUT2D eigenvalue weighted by molar-refractivity contribution is 8.14. The highest BCUT2D eigenvalue weighted by Gasteiger charge is 2.22. The number of phenols is 1. The third-order valence-corrected chi connectivity index (χ3v) is 4.72. The van der Waals surface area contributed by atoms with Crippen LogP contribution in [0.5, 0.6) is 5.75 Å². The first-order chi connectivity index (χ1) is 9.61. The van der Waals surface area contributed by atoms with E-state index in [0.29, 0.717) is 10.8 Å². The number of phenolic OH excluding ortho intramolecular Hbond substituents is 1. The van der Waals surface area contributed by atoms with Gasteiger partial charge in [0.1, 0.15) is 10.8 Å². The summed E-state index contributed by atoms with van der Waals surface area (Å²) in [6.45, 7) is 0. The molecule has 1 atom stereocenters. The largest absolute Gasteiger partial charge is 0.508 e. The lowest BCUT2D eigenvalue weighted by molar-refractivity contribution is -0.137. The number of aliphatic carboxylic acids is 1. The lowest BCUT2D eigenvalue weighted by Crippen LogP contribution is -2.16. The molecule has 1 unspecified atom stereocenters. The van der Waals surface area contributed by atoms with Crippen LogP contribution in [0, 0.1) is 0 Å². The summed E-state index contributed by atoms with van der Waals surface area (Å²) in [5.74, 6) is -0.198. The number of benzene rings is 1. The van der Waals surface area contributed by atoms with E-state index in [1.54, 1.807) is 24.3 Å². The minimum Gasteiger partial charge on any atom is -0.508 e. The van der Waals surface area contributed by atoms with Gasteiger partial charge in [0.25, 0.3) is 0 Å². The van der Waals surface area contributed by atoms with Crippen LogP contribution in [-0.2, 0) is 4.79 Å². The van der Waals surface area contributed by atoms with Gasteiger partial charge in [-0.1, -0.05) is 0 Å². The number of aromatic hydroxyl groups is 1. The molecule has 2 N–H and O–H groups in total. The molecule has 0 fully saturated rings. The molecule has 1 aliphatic rings. The first kappa shape index (κ1) is 13.1. The number of fused-ring (bicyclic) bond motifs is 1. The van der Waals surface area contributed by atoms with Crippen molar-refractivity contribution < 1.29 is 15.0 Å². The Morgan fingerprint density at radius 3 is 3.00 bits per heavy atom. The van der Waals surface area contributed by atoms with E-state index in [-0.39, 0.29) is 5.75 Å². The number of nitrogens with zero attached hydrogens (tertiary/aromatic N) is 2. The molecule has 0 bridgehead atoms. The zero-order valence-corrected chi connectivity index (χ0v) is 11.8. The maximum atomic E-state index is 10.8. The van der Waals surface area contributed by atoms with Crippen LogP contribution in [0.3, 0.4) is 0 Å². The smallest absolute Gasteiger partial charge is 0.329 e. The van der Waals surface area contributed by atoms with E-state index in [4.69, 9.17) is 5.11 Å². The van der Waals surface area contributed by atoms with Gasteiger partial charge in [0, 0.05) is 5.75 Å². The fourth-order valence-corrected chi connectivity index (χ4v) is 3.57. The predicted octanol–water partition coefficient (Wildman–Crippen LogP) is 2.61. The molecule has 102 valence electrons. The molecule has 0 radical (unpaired) electrons. The fourth-order valence-electron chi connectivity index (χ4n) is 1.76. The quantitative estimate of drug-likeness (QED) is 0.911. The van der Waals surface area contributed by atoms with Gasteiger partial charge in [-0.2, -0.15) is 0 Å². The summed E-state index contributed by atoms with van der Waals surface area (Å²) in [4.78, 5) is 19.3. The molecule has 0 saturated carbocycles. The number of thioether (sulfide) groups is 1. The van der Waals surface area contributed by atoms with Crippen LogP contribution in [0.2, 0.25) is 0 Å².